The molecule has 3 aliphatic rings. The van der Waals surface area contributed by atoms with E-state index < -0.39 is 0 Å². The van der Waals surface area contributed by atoms with Crippen LogP contribution >= 0.6 is 0 Å². The molecular weight excluding hydrogens is 378 g/mol. The van der Waals surface area contributed by atoms with Gasteiger partial charge in [0.25, 0.3) is 5.91 Å². The van der Waals surface area contributed by atoms with Crippen LogP contribution in [-0.2, 0) is 4.79 Å². The van der Waals surface area contributed by atoms with Crippen molar-refractivity contribution in [2.75, 3.05) is 26.4 Å². The number of amides is 1. The van der Waals surface area contributed by atoms with Crippen LogP contribution in [0.15, 0.2) is 47.6 Å². The first-order valence-electron chi connectivity index (χ1n) is 10.8. The fraction of sp³-hybridized carbons (Fsp3) is 0.417. The minimum absolute atomic E-state index is 0.0571. The average molecular weight is 405 g/mol. The molecule has 0 bridgehead atoms. The first-order chi connectivity index (χ1) is 14.7. The molecule has 0 unspecified atom stereocenters. The van der Waals surface area contributed by atoms with E-state index in [0.717, 1.165) is 54.3 Å². The van der Waals surface area contributed by atoms with Crippen molar-refractivity contribution >= 4 is 11.6 Å². The van der Waals surface area contributed by atoms with Gasteiger partial charge in [-0.25, -0.2) is 5.01 Å². The van der Waals surface area contributed by atoms with Gasteiger partial charge >= 0.3 is 0 Å². The summed E-state index contributed by atoms with van der Waals surface area (Å²) in [4.78, 5) is 15.5. The number of nitrogens with zero attached hydrogens (tertiary/aromatic N) is 3. The Hall–Kier alpha value is -2.86. The summed E-state index contributed by atoms with van der Waals surface area (Å²) in [5, 5.41) is 6.50. The Morgan fingerprint density at radius 1 is 1.03 bits per heavy atom. The molecule has 30 heavy (non-hydrogen) atoms. The number of aryl methyl sites for hydroxylation is 1. The predicted molar refractivity (Wildman–Crippen MR) is 115 cm³/mol. The van der Waals surface area contributed by atoms with Gasteiger partial charge in [0.05, 0.1) is 18.3 Å². The van der Waals surface area contributed by atoms with Crippen LogP contribution in [0.4, 0.5) is 0 Å². The summed E-state index contributed by atoms with van der Waals surface area (Å²) in [5.74, 6) is 1.55. The van der Waals surface area contributed by atoms with Gasteiger partial charge in [-0.1, -0.05) is 42.3 Å². The summed E-state index contributed by atoms with van der Waals surface area (Å²) in [7, 11) is 0. The van der Waals surface area contributed by atoms with E-state index in [2.05, 4.69) is 36.1 Å². The zero-order chi connectivity index (χ0) is 20.5. The largest absolute Gasteiger partial charge is 0.454 e. The lowest BCUT2D eigenvalue weighted by atomic mass is 9.97. The van der Waals surface area contributed by atoms with Crippen LogP contribution in [0.2, 0.25) is 0 Å². The SMILES string of the molecule is Cc1ccc(C2=NN(C(=O)CN3CCCCC3)[C@@H](c3ccc4c(c3)OCO4)C2)cc1. The van der Waals surface area contributed by atoms with Crippen LogP contribution in [0, 0.1) is 6.92 Å². The van der Waals surface area contributed by atoms with Crippen LogP contribution in [0.3, 0.4) is 0 Å². The number of likely N-dealkylation sites (tertiary alicyclic amines) is 1. The molecule has 156 valence electrons. The molecule has 6 nitrogen and oxygen atoms in total. The van der Waals surface area contributed by atoms with E-state index in [0.29, 0.717) is 13.0 Å². The molecule has 6 heteroatoms. The van der Waals surface area contributed by atoms with Crippen LogP contribution in [-0.4, -0.2) is 48.0 Å². The number of carbonyl (C=O) groups excluding carboxylic acids is 1. The second-order valence-corrected chi connectivity index (χ2v) is 8.32. The van der Waals surface area contributed by atoms with Crippen LogP contribution in [0.5, 0.6) is 11.5 Å². The topological polar surface area (TPSA) is 54.4 Å². The van der Waals surface area contributed by atoms with Gasteiger partial charge in [-0.3, -0.25) is 9.69 Å². The first-order valence-corrected chi connectivity index (χ1v) is 10.8. The Morgan fingerprint density at radius 3 is 2.60 bits per heavy atom. The van der Waals surface area contributed by atoms with Crippen LogP contribution < -0.4 is 9.47 Å². The second kappa shape index (κ2) is 8.11. The maximum Gasteiger partial charge on any atom is 0.257 e. The summed E-state index contributed by atoms with van der Waals surface area (Å²) in [6.45, 7) is 4.72. The zero-order valence-corrected chi connectivity index (χ0v) is 17.3. The molecule has 1 fully saturated rings. The number of piperidine rings is 1. The van der Waals surface area contributed by atoms with E-state index in [1.807, 2.05) is 18.2 Å². The molecule has 3 aliphatic heterocycles. The number of hydrogen-bond donors (Lipinski definition) is 0. The smallest absolute Gasteiger partial charge is 0.257 e. The molecule has 5 rings (SSSR count). The lowest BCUT2D eigenvalue weighted by molar-refractivity contribution is -0.134. The molecule has 0 aromatic heterocycles. The van der Waals surface area contributed by atoms with Gasteiger partial charge in [-0.15, -0.1) is 0 Å². The quantitative estimate of drug-likeness (QED) is 0.775. The fourth-order valence-corrected chi connectivity index (χ4v) is 4.42. The van der Waals surface area contributed by atoms with Gasteiger partial charge in [-0.2, -0.15) is 5.10 Å². The van der Waals surface area contributed by atoms with E-state index in [9.17, 15) is 4.79 Å². The molecule has 3 heterocycles. The number of carbonyl (C=O) groups is 1. The van der Waals surface area contributed by atoms with Crippen molar-refractivity contribution in [2.45, 2.75) is 38.6 Å². The molecule has 0 radical (unpaired) electrons. The maximum absolute atomic E-state index is 13.3. The normalized spacial score (nSPS) is 21.0. The molecule has 1 amide bonds. The molecule has 0 aliphatic carbocycles. The number of fused-ring (bicyclic) bond motifs is 1. The highest BCUT2D eigenvalue weighted by molar-refractivity contribution is 6.03. The summed E-state index contributed by atoms with van der Waals surface area (Å²) >= 11 is 0. The number of benzene rings is 2. The van der Waals surface area contributed by atoms with Gasteiger partial charge in [-0.05, 0) is 56.1 Å². The predicted octanol–water partition coefficient (Wildman–Crippen LogP) is 3.89. The summed E-state index contributed by atoms with van der Waals surface area (Å²) in [6, 6.07) is 14.2. The van der Waals surface area contributed by atoms with Crippen molar-refractivity contribution in [3.63, 3.8) is 0 Å². The van der Waals surface area contributed by atoms with Crippen molar-refractivity contribution in [3.8, 4) is 11.5 Å². The Bertz CT molecular complexity index is 964. The van der Waals surface area contributed by atoms with E-state index in [1.165, 1.54) is 12.0 Å². The van der Waals surface area contributed by atoms with Crippen LogP contribution in [0.1, 0.15) is 48.4 Å². The Balaban J connectivity index is 1.43. The molecule has 0 spiro atoms. The molecule has 0 saturated carbocycles. The third-order valence-electron chi connectivity index (χ3n) is 6.14. The maximum atomic E-state index is 13.3. The third-order valence-corrected chi connectivity index (χ3v) is 6.14. The van der Waals surface area contributed by atoms with Crippen molar-refractivity contribution in [1.29, 1.82) is 0 Å². The molecule has 1 saturated heterocycles. The minimum Gasteiger partial charge on any atom is -0.454 e. The van der Waals surface area contributed by atoms with Gasteiger partial charge in [0.1, 0.15) is 0 Å². The second-order valence-electron chi connectivity index (χ2n) is 8.32. The highest BCUT2D eigenvalue weighted by Gasteiger charge is 2.34. The lowest BCUT2D eigenvalue weighted by Gasteiger charge is -2.29. The molecular formula is C24H27N3O3. The number of rotatable bonds is 4. The summed E-state index contributed by atoms with van der Waals surface area (Å²) in [6.07, 6.45) is 4.27. The van der Waals surface area contributed by atoms with Crippen molar-refractivity contribution < 1.29 is 14.3 Å². The molecule has 2 aromatic carbocycles. The number of hydrazone groups is 1. The Morgan fingerprint density at radius 2 is 1.80 bits per heavy atom. The van der Waals surface area contributed by atoms with E-state index in [4.69, 9.17) is 14.6 Å². The van der Waals surface area contributed by atoms with Gasteiger partial charge in [0.15, 0.2) is 11.5 Å². The van der Waals surface area contributed by atoms with E-state index in [1.54, 1.807) is 5.01 Å². The van der Waals surface area contributed by atoms with Gasteiger partial charge < -0.3 is 9.47 Å². The highest BCUT2D eigenvalue weighted by atomic mass is 16.7. The standard InChI is InChI=1S/C24H27N3O3/c1-17-5-7-18(8-6-17)20-14-21(19-9-10-22-23(13-19)30-16-29-22)27(25-20)24(28)15-26-11-3-2-4-12-26/h5-10,13,21H,2-4,11-12,14-16H2,1H3/t21-/m1/s1. The fourth-order valence-electron chi connectivity index (χ4n) is 4.42. The summed E-state index contributed by atoms with van der Waals surface area (Å²) < 4.78 is 11.0. The number of hydrogen-bond acceptors (Lipinski definition) is 5. The minimum atomic E-state index is -0.131. The monoisotopic (exact) mass is 405 g/mol. The number of ether oxygens (including phenoxy) is 2. The highest BCUT2D eigenvalue weighted by Crippen LogP contribution is 2.39. The summed E-state index contributed by atoms with van der Waals surface area (Å²) in [5.41, 5.74) is 4.25. The van der Waals surface area contributed by atoms with Crippen molar-refractivity contribution in [3.05, 3.63) is 59.2 Å². The Kier molecular flexibility index (Phi) is 5.17. The van der Waals surface area contributed by atoms with Gasteiger partial charge in [0.2, 0.25) is 6.79 Å². The van der Waals surface area contributed by atoms with E-state index in [-0.39, 0.29) is 18.7 Å². The zero-order valence-electron chi connectivity index (χ0n) is 17.3. The lowest BCUT2D eigenvalue weighted by Crippen LogP contribution is -2.40. The first kappa shape index (κ1) is 19.1. The van der Waals surface area contributed by atoms with Crippen LogP contribution in [0.25, 0.3) is 0 Å². The van der Waals surface area contributed by atoms with Crippen molar-refractivity contribution in [1.82, 2.24) is 9.91 Å². The average Bonchev–Trinajstić information content (AvgIpc) is 3.42. The molecule has 0 N–H and O–H groups in total. The van der Waals surface area contributed by atoms with Crippen molar-refractivity contribution in [2.24, 2.45) is 5.10 Å². The van der Waals surface area contributed by atoms with Gasteiger partial charge in [0, 0.05) is 6.42 Å². The molecule has 1 atom stereocenters. The molecule has 2 aromatic rings. The Labute approximate surface area is 177 Å². The third kappa shape index (κ3) is 3.79. The van der Waals surface area contributed by atoms with E-state index >= 15 is 0 Å².